The topological polar surface area (TPSA) is 88.1 Å². The van der Waals surface area contributed by atoms with Crippen LogP contribution in [0.5, 0.6) is 0 Å². The molecule has 1 unspecified atom stereocenters. The summed E-state index contributed by atoms with van der Waals surface area (Å²) in [4.78, 5) is 32.2. The number of carbonyl (C=O) groups is 2. The summed E-state index contributed by atoms with van der Waals surface area (Å²) in [6.07, 6.45) is 3.09. The maximum absolute atomic E-state index is 13.6. The molecule has 0 spiro atoms. The third-order valence-electron chi connectivity index (χ3n) is 4.74. The van der Waals surface area contributed by atoms with Gasteiger partial charge < -0.3 is 5.32 Å². The molecule has 0 saturated heterocycles. The number of amides is 2. The van der Waals surface area contributed by atoms with Crippen LogP contribution < -0.4 is 10.2 Å². The SMILES string of the molecule is O=C(NCc1ccccc1)C(c1ccncc1)N(C(=O)c1csnn1)c1ccc(F)cc1. The summed E-state index contributed by atoms with van der Waals surface area (Å²) in [5, 5.41) is 8.27. The highest BCUT2D eigenvalue weighted by Crippen LogP contribution is 2.29. The molecule has 2 amide bonds. The van der Waals surface area contributed by atoms with Crippen molar-refractivity contribution >= 4 is 29.0 Å². The van der Waals surface area contributed by atoms with Crippen molar-refractivity contribution in [1.29, 1.82) is 0 Å². The second-order valence-electron chi connectivity index (χ2n) is 6.83. The van der Waals surface area contributed by atoms with Gasteiger partial charge in [-0.25, -0.2) is 4.39 Å². The molecule has 0 saturated carbocycles. The third kappa shape index (κ3) is 4.84. The van der Waals surface area contributed by atoms with Crippen molar-refractivity contribution in [3.05, 3.63) is 107 Å². The Morgan fingerprint density at radius 3 is 2.38 bits per heavy atom. The Balaban J connectivity index is 1.75. The minimum Gasteiger partial charge on any atom is -0.350 e. The Kier molecular flexibility index (Phi) is 6.57. The van der Waals surface area contributed by atoms with Crippen LogP contribution in [0.25, 0.3) is 0 Å². The number of anilines is 1. The van der Waals surface area contributed by atoms with Crippen LogP contribution in [0.15, 0.2) is 84.5 Å². The van der Waals surface area contributed by atoms with Crippen LogP contribution in [0, 0.1) is 5.82 Å². The Hall–Kier alpha value is -3.98. The Labute approximate surface area is 187 Å². The van der Waals surface area contributed by atoms with Crippen LogP contribution in [-0.2, 0) is 11.3 Å². The van der Waals surface area contributed by atoms with E-state index in [4.69, 9.17) is 0 Å². The largest absolute Gasteiger partial charge is 0.350 e. The second-order valence-corrected chi connectivity index (χ2v) is 7.44. The highest BCUT2D eigenvalue weighted by atomic mass is 32.1. The van der Waals surface area contributed by atoms with E-state index in [9.17, 15) is 14.0 Å². The van der Waals surface area contributed by atoms with Crippen LogP contribution in [0.1, 0.15) is 27.7 Å². The van der Waals surface area contributed by atoms with Crippen LogP contribution in [0.2, 0.25) is 0 Å². The number of rotatable bonds is 7. The lowest BCUT2D eigenvalue weighted by molar-refractivity contribution is -0.122. The zero-order valence-corrected chi connectivity index (χ0v) is 17.6. The Morgan fingerprint density at radius 2 is 1.72 bits per heavy atom. The highest BCUT2D eigenvalue weighted by Gasteiger charge is 2.34. The molecule has 0 aliphatic carbocycles. The third-order valence-corrected chi connectivity index (χ3v) is 5.25. The number of carbonyl (C=O) groups excluding carboxylic acids is 2. The molecule has 4 rings (SSSR count). The lowest BCUT2D eigenvalue weighted by atomic mass is 10.0. The molecule has 7 nitrogen and oxygen atoms in total. The van der Waals surface area contributed by atoms with Gasteiger partial charge in [0.15, 0.2) is 5.69 Å². The number of hydrogen-bond acceptors (Lipinski definition) is 6. The maximum Gasteiger partial charge on any atom is 0.280 e. The van der Waals surface area contributed by atoms with E-state index in [0.29, 0.717) is 11.3 Å². The quantitative estimate of drug-likeness (QED) is 0.466. The van der Waals surface area contributed by atoms with E-state index in [2.05, 4.69) is 19.9 Å². The van der Waals surface area contributed by atoms with Crippen LogP contribution in [0.4, 0.5) is 10.1 Å². The van der Waals surface area contributed by atoms with E-state index in [1.165, 1.54) is 34.5 Å². The average molecular weight is 447 g/mol. The Morgan fingerprint density at radius 1 is 1.00 bits per heavy atom. The van der Waals surface area contributed by atoms with Crippen molar-refractivity contribution in [2.75, 3.05) is 4.90 Å². The van der Waals surface area contributed by atoms with E-state index in [0.717, 1.165) is 17.1 Å². The molecule has 0 bridgehead atoms. The van der Waals surface area contributed by atoms with Crippen molar-refractivity contribution in [1.82, 2.24) is 19.9 Å². The molecule has 2 aromatic heterocycles. The predicted molar refractivity (Wildman–Crippen MR) is 118 cm³/mol. The van der Waals surface area contributed by atoms with Gasteiger partial charge in [-0.3, -0.25) is 19.5 Å². The van der Waals surface area contributed by atoms with Gasteiger partial charge in [0.25, 0.3) is 5.91 Å². The van der Waals surface area contributed by atoms with Crippen molar-refractivity contribution in [3.63, 3.8) is 0 Å². The van der Waals surface area contributed by atoms with Crippen LogP contribution in [-0.4, -0.2) is 26.4 Å². The molecule has 9 heteroatoms. The predicted octanol–water partition coefficient (Wildman–Crippen LogP) is 3.78. The van der Waals surface area contributed by atoms with Crippen molar-refractivity contribution in [2.24, 2.45) is 0 Å². The number of nitrogens with zero attached hydrogens (tertiary/aromatic N) is 4. The van der Waals surface area contributed by atoms with Gasteiger partial charge >= 0.3 is 0 Å². The summed E-state index contributed by atoms with van der Waals surface area (Å²) in [6, 6.07) is 17.1. The number of hydrogen-bond donors (Lipinski definition) is 1. The van der Waals surface area contributed by atoms with Gasteiger partial charge in [0.2, 0.25) is 5.91 Å². The van der Waals surface area contributed by atoms with E-state index in [-0.39, 0.29) is 12.2 Å². The van der Waals surface area contributed by atoms with Crippen LogP contribution >= 0.6 is 11.5 Å². The second kappa shape index (κ2) is 9.88. The lowest BCUT2D eigenvalue weighted by Gasteiger charge is -2.31. The smallest absolute Gasteiger partial charge is 0.280 e. The molecule has 1 atom stereocenters. The summed E-state index contributed by atoms with van der Waals surface area (Å²) in [5.41, 5.74) is 1.90. The number of halogens is 1. The van der Waals surface area contributed by atoms with E-state index in [1.807, 2.05) is 30.3 Å². The first-order valence-corrected chi connectivity index (χ1v) is 10.5. The van der Waals surface area contributed by atoms with Crippen molar-refractivity contribution < 1.29 is 14.0 Å². The minimum atomic E-state index is -1.04. The van der Waals surface area contributed by atoms with Gasteiger partial charge in [-0.05, 0) is 59.1 Å². The number of pyridine rings is 1. The van der Waals surface area contributed by atoms with E-state index < -0.39 is 23.7 Å². The van der Waals surface area contributed by atoms with Gasteiger partial charge in [-0.2, -0.15) is 0 Å². The number of benzene rings is 2. The Bertz CT molecular complexity index is 1170. The molecule has 0 fully saturated rings. The lowest BCUT2D eigenvalue weighted by Crippen LogP contribution is -2.44. The summed E-state index contributed by atoms with van der Waals surface area (Å²) < 4.78 is 17.4. The standard InChI is InChI=1S/C23H18FN5O2S/c24-18-6-8-19(9-7-18)29(23(31)20-15-32-28-27-20)21(17-10-12-25-13-11-17)22(30)26-14-16-4-2-1-3-5-16/h1-13,15,21H,14H2,(H,26,30). The molecule has 0 aliphatic rings. The molecule has 4 aromatic rings. The molecule has 1 N–H and O–H groups in total. The number of nitrogens with one attached hydrogen (secondary N) is 1. The monoisotopic (exact) mass is 447 g/mol. The molecule has 2 heterocycles. The summed E-state index contributed by atoms with van der Waals surface area (Å²) in [5.74, 6) is -1.38. The fourth-order valence-corrected chi connectivity index (χ4v) is 3.64. The zero-order chi connectivity index (χ0) is 22.3. The van der Waals surface area contributed by atoms with Crippen molar-refractivity contribution in [2.45, 2.75) is 12.6 Å². The first-order chi connectivity index (χ1) is 15.6. The summed E-state index contributed by atoms with van der Waals surface area (Å²) >= 11 is 1.03. The first-order valence-electron chi connectivity index (χ1n) is 9.71. The minimum absolute atomic E-state index is 0.0919. The maximum atomic E-state index is 13.6. The highest BCUT2D eigenvalue weighted by molar-refractivity contribution is 7.03. The fourth-order valence-electron chi connectivity index (χ4n) is 3.21. The van der Waals surface area contributed by atoms with E-state index >= 15 is 0 Å². The van der Waals surface area contributed by atoms with Crippen LogP contribution in [0.3, 0.4) is 0 Å². The van der Waals surface area contributed by atoms with Gasteiger partial charge in [0.05, 0.1) is 0 Å². The first kappa shape index (κ1) is 21.3. The molecular formula is C23H18FN5O2S. The summed E-state index contributed by atoms with van der Waals surface area (Å²) in [7, 11) is 0. The van der Waals surface area contributed by atoms with Gasteiger partial charge in [0.1, 0.15) is 11.9 Å². The normalized spacial score (nSPS) is 11.5. The van der Waals surface area contributed by atoms with Gasteiger partial charge in [0, 0.05) is 30.0 Å². The van der Waals surface area contributed by atoms with Crippen molar-refractivity contribution in [3.8, 4) is 0 Å². The van der Waals surface area contributed by atoms with Gasteiger partial charge in [-0.15, -0.1) is 5.10 Å². The molecule has 0 aliphatic heterocycles. The molecule has 2 aromatic carbocycles. The zero-order valence-electron chi connectivity index (χ0n) is 16.8. The molecular weight excluding hydrogens is 429 g/mol. The molecule has 0 radical (unpaired) electrons. The van der Waals surface area contributed by atoms with Gasteiger partial charge in [-0.1, -0.05) is 34.8 Å². The molecule has 160 valence electrons. The fraction of sp³-hybridized carbons (Fsp3) is 0.0870. The van der Waals surface area contributed by atoms with E-state index in [1.54, 1.807) is 24.5 Å². The number of aromatic nitrogens is 3. The summed E-state index contributed by atoms with van der Waals surface area (Å²) in [6.45, 7) is 0.283. The average Bonchev–Trinajstić information content (AvgIpc) is 3.38. The molecule has 32 heavy (non-hydrogen) atoms.